The second-order valence-electron chi connectivity index (χ2n) is 7.94. The average Bonchev–Trinajstić information content (AvgIpc) is 2.74. The Morgan fingerprint density at radius 3 is 2.53 bits per heavy atom. The minimum atomic E-state index is -1.62. The molecule has 2 N–H and O–H groups in total. The van der Waals surface area contributed by atoms with E-state index < -0.39 is 28.7 Å². The van der Waals surface area contributed by atoms with E-state index in [9.17, 15) is 28.3 Å². The van der Waals surface area contributed by atoms with Crippen molar-refractivity contribution in [1.82, 2.24) is 10.2 Å². The standard InChI is InChI=1S/C22H21F2N3O4.Li/c23-14-2-4-18-16(10-14)19(28)11-22(26-18)5-7-27(8-6-22)21(31)25-12-13-1-3-17(24)15(9-13)20(29)30;/h1-4,9-10,26H,5-8,11-12H2,(H,25,31)(H,29,30);/q;+1/p-1. The minimum Gasteiger partial charge on any atom is -0.545 e. The SMILES string of the molecule is O=C([O-])c1cc(CNC(=O)N2CCC3(CC2)CC(=O)c2cc(F)ccc2N3)ccc1F.[Li+]. The number of carbonyl (C=O) groups excluding carboxylic acids is 3. The number of piperidine rings is 1. The number of hydrogen-bond donors (Lipinski definition) is 2. The maximum Gasteiger partial charge on any atom is 1.00 e. The number of nitrogens with zero attached hydrogens (tertiary/aromatic N) is 1. The summed E-state index contributed by atoms with van der Waals surface area (Å²) in [5.41, 5.74) is 0.362. The summed E-state index contributed by atoms with van der Waals surface area (Å²) >= 11 is 0. The van der Waals surface area contributed by atoms with Crippen LogP contribution in [0.1, 0.15) is 45.5 Å². The summed E-state index contributed by atoms with van der Waals surface area (Å²) in [5.74, 6) is -3.09. The van der Waals surface area contributed by atoms with E-state index in [0.717, 1.165) is 12.1 Å². The van der Waals surface area contributed by atoms with E-state index >= 15 is 0 Å². The van der Waals surface area contributed by atoms with Crippen LogP contribution in [0.4, 0.5) is 19.3 Å². The third-order valence-corrected chi connectivity index (χ3v) is 5.88. The number of carbonyl (C=O) groups is 3. The number of ketones is 1. The summed E-state index contributed by atoms with van der Waals surface area (Å²) in [6, 6.07) is 7.32. The molecular weight excluding hydrogens is 415 g/mol. The van der Waals surface area contributed by atoms with Gasteiger partial charge in [0.1, 0.15) is 11.6 Å². The van der Waals surface area contributed by atoms with Gasteiger partial charge < -0.3 is 25.4 Å². The van der Waals surface area contributed by atoms with Gasteiger partial charge in [-0.3, -0.25) is 4.79 Å². The number of hydrogen-bond acceptors (Lipinski definition) is 5. The quantitative estimate of drug-likeness (QED) is 0.607. The van der Waals surface area contributed by atoms with E-state index in [4.69, 9.17) is 0 Å². The Morgan fingerprint density at radius 1 is 1.12 bits per heavy atom. The van der Waals surface area contributed by atoms with Crippen LogP contribution in [0, 0.1) is 11.6 Å². The zero-order valence-corrected chi connectivity index (χ0v) is 17.5. The normalized spacial score (nSPS) is 16.6. The topological polar surface area (TPSA) is 102 Å². The molecule has 2 aromatic carbocycles. The van der Waals surface area contributed by atoms with Crippen molar-refractivity contribution < 1.29 is 47.1 Å². The van der Waals surface area contributed by atoms with Crippen LogP contribution < -0.4 is 34.6 Å². The minimum absolute atomic E-state index is 0. The van der Waals surface area contributed by atoms with Gasteiger partial charge in [0.2, 0.25) is 0 Å². The molecule has 162 valence electrons. The number of nitrogens with one attached hydrogen (secondary N) is 2. The predicted molar refractivity (Wildman–Crippen MR) is 105 cm³/mol. The van der Waals surface area contributed by atoms with Gasteiger partial charge in [-0.05, 0) is 48.7 Å². The number of benzene rings is 2. The fourth-order valence-electron chi connectivity index (χ4n) is 4.16. The monoisotopic (exact) mass is 435 g/mol. The molecule has 0 unspecified atom stereocenters. The first kappa shape index (κ1) is 23.8. The molecule has 2 aromatic rings. The van der Waals surface area contributed by atoms with E-state index in [-0.39, 0.29) is 43.6 Å². The van der Waals surface area contributed by atoms with Gasteiger partial charge in [0.25, 0.3) is 0 Å². The van der Waals surface area contributed by atoms with Crippen molar-refractivity contribution in [2.75, 3.05) is 18.4 Å². The number of Topliss-reactive ketones (excluding diaryl/α,β-unsaturated/α-hetero) is 1. The molecule has 1 spiro atoms. The van der Waals surface area contributed by atoms with Crippen LogP contribution in [0.3, 0.4) is 0 Å². The molecule has 0 atom stereocenters. The Balaban J connectivity index is 0.00000289. The van der Waals surface area contributed by atoms with Crippen molar-refractivity contribution in [3.8, 4) is 0 Å². The second kappa shape index (κ2) is 9.31. The molecule has 0 bridgehead atoms. The third-order valence-electron chi connectivity index (χ3n) is 5.88. The Hall–Kier alpha value is -2.89. The number of carboxylic acids is 1. The molecule has 2 heterocycles. The molecule has 4 rings (SSSR count). The van der Waals surface area contributed by atoms with Crippen molar-refractivity contribution in [2.24, 2.45) is 0 Å². The van der Waals surface area contributed by atoms with E-state index in [1.807, 2.05) is 0 Å². The van der Waals surface area contributed by atoms with Gasteiger partial charge >= 0.3 is 24.9 Å². The fourth-order valence-corrected chi connectivity index (χ4v) is 4.16. The smallest absolute Gasteiger partial charge is 0.545 e. The van der Waals surface area contributed by atoms with Gasteiger partial charge in [-0.2, -0.15) is 0 Å². The average molecular weight is 435 g/mol. The third kappa shape index (κ3) is 4.79. The van der Waals surface area contributed by atoms with Crippen LogP contribution in [0.25, 0.3) is 0 Å². The number of fused-ring (bicyclic) bond motifs is 1. The van der Waals surface area contributed by atoms with Gasteiger partial charge in [-0.1, -0.05) is 6.07 Å². The molecule has 32 heavy (non-hydrogen) atoms. The summed E-state index contributed by atoms with van der Waals surface area (Å²) in [4.78, 5) is 37.6. The number of amides is 2. The van der Waals surface area contributed by atoms with Crippen LogP contribution in [-0.4, -0.2) is 41.3 Å². The number of rotatable bonds is 3. The summed E-state index contributed by atoms with van der Waals surface area (Å²) in [7, 11) is 0. The van der Waals surface area contributed by atoms with Crippen LogP contribution in [0.2, 0.25) is 0 Å². The molecule has 2 aliphatic rings. The first-order chi connectivity index (χ1) is 14.8. The zero-order chi connectivity index (χ0) is 22.2. The van der Waals surface area contributed by atoms with Gasteiger partial charge in [0, 0.05) is 48.4 Å². The summed E-state index contributed by atoms with van der Waals surface area (Å²) in [6.45, 7) is 0.865. The largest absolute Gasteiger partial charge is 1.00 e. The van der Waals surface area contributed by atoms with Crippen LogP contribution >= 0.6 is 0 Å². The van der Waals surface area contributed by atoms with E-state index in [1.165, 1.54) is 18.2 Å². The van der Waals surface area contributed by atoms with E-state index in [2.05, 4.69) is 10.6 Å². The van der Waals surface area contributed by atoms with E-state index in [0.29, 0.717) is 42.7 Å². The molecule has 0 radical (unpaired) electrons. The first-order valence-corrected chi connectivity index (χ1v) is 9.90. The molecule has 1 saturated heterocycles. The maximum absolute atomic E-state index is 13.5. The summed E-state index contributed by atoms with van der Waals surface area (Å²) in [5, 5.41) is 17.0. The van der Waals surface area contributed by atoms with Crippen molar-refractivity contribution in [3.63, 3.8) is 0 Å². The van der Waals surface area contributed by atoms with Crippen molar-refractivity contribution in [1.29, 1.82) is 0 Å². The number of likely N-dealkylation sites (tertiary alicyclic amines) is 1. The molecule has 1 fully saturated rings. The number of aromatic carboxylic acids is 1. The molecule has 0 aliphatic carbocycles. The molecular formula is C22H20F2LiN3O4. The fraction of sp³-hybridized carbons (Fsp3) is 0.318. The Labute approximate surface area is 195 Å². The molecule has 10 heteroatoms. The number of halogens is 2. The summed E-state index contributed by atoms with van der Waals surface area (Å²) in [6.07, 6.45) is 1.34. The first-order valence-electron chi connectivity index (χ1n) is 9.90. The van der Waals surface area contributed by atoms with Crippen molar-refractivity contribution >= 4 is 23.5 Å². The molecule has 0 aromatic heterocycles. The van der Waals surface area contributed by atoms with Gasteiger partial charge in [0.15, 0.2) is 5.78 Å². The molecule has 2 aliphatic heterocycles. The van der Waals surface area contributed by atoms with E-state index in [1.54, 1.807) is 11.0 Å². The number of carboxylic acid groups (broad SMARTS) is 1. The second-order valence-corrected chi connectivity index (χ2v) is 7.94. The maximum atomic E-state index is 13.5. The van der Waals surface area contributed by atoms with Gasteiger partial charge in [0.05, 0.1) is 5.97 Å². The van der Waals surface area contributed by atoms with Crippen LogP contribution in [-0.2, 0) is 6.54 Å². The molecule has 2 amide bonds. The Bertz CT molecular complexity index is 1070. The van der Waals surface area contributed by atoms with Gasteiger partial charge in [-0.25, -0.2) is 13.6 Å². The Morgan fingerprint density at radius 2 is 1.84 bits per heavy atom. The van der Waals surface area contributed by atoms with Crippen molar-refractivity contribution in [2.45, 2.75) is 31.3 Å². The zero-order valence-electron chi connectivity index (χ0n) is 17.5. The van der Waals surface area contributed by atoms with Crippen LogP contribution in [0.15, 0.2) is 36.4 Å². The predicted octanol–water partition coefficient (Wildman–Crippen LogP) is -0.925. The van der Waals surface area contributed by atoms with Gasteiger partial charge in [-0.15, -0.1) is 0 Å². The molecule has 0 saturated carbocycles. The van der Waals surface area contributed by atoms with Crippen LogP contribution in [0.5, 0.6) is 0 Å². The number of urea groups is 1. The molecule has 7 nitrogen and oxygen atoms in total. The summed E-state index contributed by atoms with van der Waals surface area (Å²) < 4.78 is 26.9. The number of anilines is 1. The van der Waals surface area contributed by atoms with Crippen molar-refractivity contribution in [3.05, 3.63) is 64.7 Å². The Kier molecular flexibility index (Phi) is 6.91.